The molecule has 0 bridgehead atoms. The van der Waals surface area contributed by atoms with Crippen LogP contribution in [0.2, 0.25) is 0 Å². The Hall–Kier alpha value is -2.74. The standard InChI is InChI=1S/C19H21N5O2S/c1-27(25,26)15-5-6-17-16(10-15)19(23-13-22-17)21-12-14-4-7-18(20-11-14)24-8-2-3-9-24/h4-7,10-11,13H,2-3,8-9,12H2,1H3,(H,21,22,23). The Balaban J connectivity index is 1.54. The van der Waals surface area contributed by atoms with Crippen molar-refractivity contribution in [1.82, 2.24) is 15.0 Å². The Kier molecular flexibility index (Phi) is 4.65. The second kappa shape index (κ2) is 7.11. The maximum Gasteiger partial charge on any atom is 0.175 e. The highest BCUT2D eigenvalue weighted by molar-refractivity contribution is 7.90. The molecule has 0 amide bonds. The highest BCUT2D eigenvalue weighted by Crippen LogP contribution is 2.24. The van der Waals surface area contributed by atoms with Crippen LogP contribution in [0.3, 0.4) is 0 Å². The van der Waals surface area contributed by atoms with Gasteiger partial charge in [0, 0.05) is 37.5 Å². The summed E-state index contributed by atoms with van der Waals surface area (Å²) >= 11 is 0. The summed E-state index contributed by atoms with van der Waals surface area (Å²) in [6, 6.07) is 8.98. The lowest BCUT2D eigenvalue weighted by Crippen LogP contribution is -2.18. The average molecular weight is 383 g/mol. The molecule has 0 radical (unpaired) electrons. The molecule has 1 N–H and O–H groups in total. The molecule has 7 nitrogen and oxygen atoms in total. The Labute approximate surface area is 158 Å². The van der Waals surface area contributed by atoms with Gasteiger partial charge < -0.3 is 10.2 Å². The molecule has 2 aromatic heterocycles. The minimum absolute atomic E-state index is 0.254. The average Bonchev–Trinajstić information content (AvgIpc) is 3.20. The quantitative estimate of drug-likeness (QED) is 0.724. The third-order valence-corrected chi connectivity index (χ3v) is 5.84. The molecule has 140 valence electrons. The summed E-state index contributed by atoms with van der Waals surface area (Å²) in [4.78, 5) is 15.6. The first-order chi connectivity index (χ1) is 13.0. The van der Waals surface area contributed by atoms with E-state index in [4.69, 9.17) is 0 Å². The molecule has 0 aliphatic carbocycles. The monoisotopic (exact) mass is 383 g/mol. The molecular weight excluding hydrogens is 362 g/mol. The van der Waals surface area contributed by atoms with Gasteiger partial charge in [-0.25, -0.2) is 23.4 Å². The smallest absolute Gasteiger partial charge is 0.175 e. The van der Waals surface area contributed by atoms with Crippen molar-refractivity contribution in [3.8, 4) is 0 Å². The number of nitrogens with zero attached hydrogens (tertiary/aromatic N) is 4. The highest BCUT2D eigenvalue weighted by Gasteiger charge is 2.13. The van der Waals surface area contributed by atoms with Crippen LogP contribution in [0.4, 0.5) is 11.6 Å². The van der Waals surface area contributed by atoms with E-state index in [-0.39, 0.29) is 4.90 Å². The van der Waals surface area contributed by atoms with Gasteiger partial charge in [0.25, 0.3) is 0 Å². The van der Waals surface area contributed by atoms with Gasteiger partial charge in [-0.05, 0) is 42.7 Å². The van der Waals surface area contributed by atoms with Crippen molar-refractivity contribution < 1.29 is 8.42 Å². The van der Waals surface area contributed by atoms with Crippen LogP contribution in [0, 0.1) is 0 Å². The number of pyridine rings is 1. The van der Waals surface area contributed by atoms with Crippen LogP contribution in [0.5, 0.6) is 0 Å². The summed E-state index contributed by atoms with van der Waals surface area (Å²) in [7, 11) is -3.29. The van der Waals surface area contributed by atoms with Crippen molar-refractivity contribution in [2.24, 2.45) is 0 Å². The number of anilines is 2. The fourth-order valence-corrected chi connectivity index (χ4v) is 3.89. The molecule has 1 aromatic carbocycles. The highest BCUT2D eigenvalue weighted by atomic mass is 32.2. The topological polar surface area (TPSA) is 88.1 Å². The molecule has 0 spiro atoms. The number of hydrogen-bond donors (Lipinski definition) is 1. The molecule has 0 atom stereocenters. The normalized spacial score (nSPS) is 14.6. The van der Waals surface area contributed by atoms with Gasteiger partial charge in [-0.3, -0.25) is 0 Å². The number of aromatic nitrogens is 3. The van der Waals surface area contributed by atoms with Crippen LogP contribution in [0.15, 0.2) is 47.8 Å². The molecule has 1 saturated heterocycles. The summed E-state index contributed by atoms with van der Waals surface area (Å²) in [5.41, 5.74) is 1.73. The van der Waals surface area contributed by atoms with Crippen LogP contribution in [0.25, 0.3) is 10.9 Å². The second-order valence-electron chi connectivity index (χ2n) is 6.75. The van der Waals surface area contributed by atoms with E-state index >= 15 is 0 Å². The van der Waals surface area contributed by atoms with Crippen molar-refractivity contribution in [3.63, 3.8) is 0 Å². The molecule has 1 aliphatic rings. The third kappa shape index (κ3) is 3.85. The summed E-state index contributed by atoms with van der Waals surface area (Å²) in [5, 5.41) is 3.95. The van der Waals surface area contributed by atoms with Gasteiger partial charge in [0.05, 0.1) is 10.4 Å². The van der Waals surface area contributed by atoms with Gasteiger partial charge in [0.15, 0.2) is 9.84 Å². The summed E-state index contributed by atoms with van der Waals surface area (Å²) < 4.78 is 23.7. The van der Waals surface area contributed by atoms with Crippen LogP contribution < -0.4 is 10.2 Å². The van der Waals surface area contributed by atoms with E-state index in [2.05, 4.69) is 31.2 Å². The fourth-order valence-electron chi connectivity index (χ4n) is 3.25. The van der Waals surface area contributed by atoms with E-state index in [1.165, 1.54) is 25.4 Å². The van der Waals surface area contributed by atoms with Gasteiger partial charge in [-0.1, -0.05) is 6.07 Å². The van der Waals surface area contributed by atoms with Crippen molar-refractivity contribution >= 4 is 32.4 Å². The number of sulfone groups is 1. The van der Waals surface area contributed by atoms with Gasteiger partial charge in [0.1, 0.15) is 18.0 Å². The van der Waals surface area contributed by atoms with Gasteiger partial charge in [-0.2, -0.15) is 0 Å². The predicted octanol–water partition coefficient (Wildman–Crippen LogP) is 2.64. The second-order valence-corrected chi connectivity index (χ2v) is 8.76. The third-order valence-electron chi connectivity index (χ3n) is 4.73. The first-order valence-electron chi connectivity index (χ1n) is 8.89. The van der Waals surface area contributed by atoms with E-state index in [9.17, 15) is 8.42 Å². The number of rotatable bonds is 5. The molecule has 0 unspecified atom stereocenters. The van der Waals surface area contributed by atoms with Crippen molar-refractivity contribution in [2.75, 3.05) is 29.6 Å². The van der Waals surface area contributed by atoms with Gasteiger partial charge in [0.2, 0.25) is 0 Å². The van der Waals surface area contributed by atoms with E-state index in [1.54, 1.807) is 18.2 Å². The van der Waals surface area contributed by atoms with Crippen molar-refractivity contribution in [3.05, 3.63) is 48.4 Å². The van der Waals surface area contributed by atoms with Crippen molar-refractivity contribution in [2.45, 2.75) is 24.3 Å². The van der Waals surface area contributed by atoms with Crippen LogP contribution in [-0.2, 0) is 16.4 Å². The summed E-state index contributed by atoms with van der Waals surface area (Å²) in [5.74, 6) is 1.62. The molecule has 27 heavy (non-hydrogen) atoms. The fraction of sp³-hybridized carbons (Fsp3) is 0.316. The Morgan fingerprint density at radius 3 is 2.59 bits per heavy atom. The molecule has 4 rings (SSSR count). The maximum absolute atomic E-state index is 11.8. The molecule has 3 heterocycles. The number of hydrogen-bond acceptors (Lipinski definition) is 7. The van der Waals surface area contributed by atoms with Crippen LogP contribution in [0.1, 0.15) is 18.4 Å². The molecule has 1 fully saturated rings. The van der Waals surface area contributed by atoms with E-state index in [0.717, 1.165) is 24.5 Å². The SMILES string of the molecule is CS(=O)(=O)c1ccc2ncnc(NCc3ccc(N4CCCC4)nc3)c2c1. The largest absolute Gasteiger partial charge is 0.365 e. The zero-order valence-electron chi connectivity index (χ0n) is 15.1. The first-order valence-corrected chi connectivity index (χ1v) is 10.8. The zero-order chi connectivity index (χ0) is 18.9. The lowest BCUT2D eigenvalue weighted by molar-refractivity contribution is 0.602. The Morgan fingerprint density at radius 2 is 1.89 bits per heavy atom. The van der Waals surface area contributed by atoms with Gasteiger partial charge >= 0.3 is 0 Å². The summed E-state index contributed by atoms with van der Waals surface area (Å²) in [6.07, 6.45) is 6.98. The first kappa shape index (κ1) is 17.7. The van der Waals surface area contributed by atoms with Gasteiger partial charge in [-0.15, -0.1) is 0 Å². The maximum atomic E-state index is 11.8. The number of fused-ring (bicyclic) bond motifs is 1. The molecular formula is C19H21N5O2S. The number of nitrogens with one attached hydrogen (secondary N) is 1. The molecule has 1 aliphatic heterocycles. The molecule has 0 saturated carbocycles. The molecule has 8 heteroatoms. The van der Waals surface area contributed by atoms with E-state index < -0.39 is 9.84 Å². The minimum atomic E-state index is -3.29. The number of benzene rings is 1. The van der Waals surface area contributed by atoms with E-state index in [0.29, 0.717) is 23.3 Å². The predicted molar refractivity (Wildman–Crippen MR) is 106 cm³/mol. The molecule has 3 aromatic rings. The lowest BCUT2D eigenvalue weighted by Gasteiger charge is -2.16. The van der Waals surface area contributed by atoms with Crippen LogP contribution >= 0.6 is 0 Å². The summed E-state index contributed by atoms with van der Waals surface area (Å²) in [6.45, 7) is 2.68. The lowest BCUT2D eigenvalue weighted by atomic mass is 10.2. The Bertz CT molecular complexity index is 1060. The van der Waals surface area contributed by atoms with Crippen LogP contribution in [-0.4, -0.2) is 42.7 Å². The van der Waals surface area contributed by atoms with E-state index in [1.807, 2.05) is 12.3 Å². The minimum Gasteiger partial charge on any atom is -0.365 e. The van der Waals surface area contributed by atoms with Crippen molar-refractivity contribution in [1.29, 1.82) is 0 Å². The zero-order valence-corrected chi connectivity index (χ0v) is 15.9. The Morgan fingerprint density at radius 1 is 1.07 bits per heavy atom.